The van der Waals surface area contributed by atoms with Gasteiger partial charge in [0.15, 0.2) is 0 Å². The molecule has 0 spiro atoms. The van der Waals surface area contributed by atoms with Crippen LogP contribution in [0.5, 0.6) is 0 Å². The number of H-pyrrole nitrogens is 2. The van der Waals surface area contributed by atoms with Gasteiger partial charge in [-0.15, -0.1) is 0 Å². The number of nitrogens with zero attached hydrogens (tertiary/aromatic N) is 6. The van der Waals surface area contributed by atoms with Gasteiger partial charge in [0, 0.05) is 23.7 Å². The maximum absolute atomic E-state index is 4.81. The molecule has 156 valence electrons. The van der Waals surface area contributed by atoms with Crippen molar-refractivity contribution < 1.29 is 0 Å². The summed E-state index contributed by atoms with van der Waals surface area (Å²) in [6.07, 6.45) is 9.64. The van der Waals surface area contributed by atoms with Crippen molar-refractivity contribution in [3.63, 3.8) is 0 Å². The summed E-state index contributed by atoms with van der Waals surface area (Å²) in [5.41, 5.74) is 6.57. The summed E-state index contributed by atoms with van der Waals surface area (Å²) in [5, 5.41) is 23.6. The molecule has 0 radical (unpaired) electrons. The Morgan fingerprint density at radius 3 is 2.81 bits per heavy atom. The van der Waals surface area contributed by atoms with Crippen LogP contribution in [-0.2, 0) is 6.54 Å². The molecule has 1 aliphatic rings. The molecular formula is C22H23N9. The lowest BCUT2D eigenvalue weighted by atomic mass is 10.1. The molecule has 0 saturated heterocycles. The van der Waals surface area contributed by atoms with Crippen LogP contribution in [0.1, 0.15) is 38.2 Å². The molecule has 1 fully saturated rings. The molecular weight excluding hydrogens is 390 g/mol. The first-order chi connectivity index (χ1) is 15.2. The SMILES string of the molecule is CC(C)Cn1ncc2cnc(-c3[nH]ncc3Nc3nc4cn[nH]c4cc3C3CC3)cc21. The van der Waals surface area contributed by atoms with Crippen LogP contribution in [0.4, 0.5) is 11.5 Å². The molecule has 0 unspecified atom stereocenters. The van der Waals surface area contributed by atoms with Gasteiger partial charge in [0.1, 0.15) is 17.0 Å². The molecule has 5 heterocycles. The number of rotatable bonds is 6. The number of aromatic nitrogens is 8. The fraction of sp³-hybridized carbons (Fsp3) is 0.318. The van der Waals surface area contributed by atoms with Gasteiger partial charge in [-0.3, -0.25) is 19.9 Å². The molecule has 6 rings (SSSR count). The molecule has 9 nitrogen and oxygen atoms in total. The lowest BCUT2D eigenvalue weighted by molar-refractivity contribution is 0.495. The summed E-state index contributed by atoms with van der Waals surface area (Å²) in [6, 6.07) is 4.22. The zero-order valence-electron chi connectivity index (χ0n) is 17.4. The Morgan fingerprint density at radius 1 is 1.10 bits per heavy atom. The Balaban J connectivity index is 1.39. The quantitative estimate of drug-likeness (QED) is 0.381. The number of anilines is 2. The standard InChI is InChI=1S/C22H23N9/c1-12(2)11-31-20-6-17(23-7-14(20)8-26-31)21-19(10-25-30-21)28-22-15(13-3-4-13)5-16-18(27-22)9-24-29-16/h5-10,12-13H,3-4,11H2,1-2H3,(H,24,29)(H,25,30)(H,27,28). The smallest absolute Gasteiger partial charge is 0.134 e. The van der Waals surface area contributed by atoms with E-state index in [4.69, 9.17) is 4.98 Å². The van der Waals surface area contributed by atoms with Crippen LogP contribution in [0.3, 0.4) is 0 Å². The lowest BCUT2D eigenvalue weighted by Crippen LogP contribution is -2.05. The highest BCUT2D eigenvalue weighted by molar-refractivity contribution is 5.85. The van der Waals surface area contributed by atoms with E-state index in [9.17, 15) is 0 Å². The number of aromatic amines is 2. The third kappa shape index (κ3) is 3.22. The molecule has 0 atom stereocenters. The van der Waals surface area contributed by atoms with E-state index >= 15 is 0 Å². The largest absolute Gasteiger partial charge is 0.337 e. The van der Waals surface area contributed by atoms with Crippen molar-refractivity contribution >= 4 is 33.4 Å². The van der Waals surface area contributed by atoms with Crippen LogP contribution >= 0.6 is 0 Å². The van der Waals surface area contributed by atoms with E-state index < -0.39 is 0 Å². The number of hydrogen-bond acceptors (Lipinski definition) is 6. The molecule has 0 bridgehead atoms. The van der Waals surface area contributed by atoms with Gasteiger partial charge in [0.05, 0.1) is 41.0 Å². The Morgan fingerprint density at radius 2 is 1.97 bits per heavy atom. The average Bonchev–Trinajstić information content (AvgIpc) is 3.14. The number of nitrogens with one attached hydrogen (secondary N) is 3. The number of pyridine rings is 2. The van der Waals surface area contributed by atoms with Crippen LogP contribution in [0, 0.1) is 5.92 Å². The second kappa shape index (κ2) is 6.90. The normalized spacial score (nSPS) is 14.2. The maximum Gasteiger partial charge on any atom is 0.134 e. The van der Waals surface area contributed by atoms with Crippen molar-refractivity contribution in [2.75, 3.05) is 5.32 Å². The molecule has 3 N–H and O–H groups in total. The summed E-state index contributed by atoms with van der Waals surface area (Å²) >= 11 is 0. The third-order valence-electron chi connectivity index (χ3n) is 5.68. The molecule has 5 aromatic rings. The van der Waals surface area contributed by atoms with Crippen molar-refractivity contribution in [3.8, 4) is 11.4 Å². The monoisotopic (exact) mass is 413 g/mol. The van der Waals surface area contributed by atoms with Gasteiger partial charge in [-0.1, -0.05) is 13.8 Å². The molecule has 0 aromatic carbocycles. The van der Waals surface area contributed by atoms with Gasteiger partial charge in [-0.05, 0) is 36.8 Å². The summed E-state index contributed by atoms with van der Waals surface area (Å²) in [5.74, 6) is 1.90. The van der Waals surface area contributed by atoms with Gasteiger partial charge < -0.3 is 5.32 Å². The first-order valence-electron chi connectivity index (χ1n) is 10.6. The predicted molar refractivity (Wildman–Crippen MR) is 119 cm³/mol. The molecule has 1 aliphatic carbocycles. The second-order valence-corrected chi connectivity index (χ2v) is 8.64. The molecule has 5 aromatic heterocycles. The van der Waals surface area contributed by atoms with Crippen LogP contribution in [0.15, 0.2) is 36.9 Å². The Labute approximate surface area is 178 Å². The van der Waals surface area contributed by atoms with E-state index in [0.717, 1.165) is 51.4 Å². The first-order valence-corrected chi connectivity index (χ1v) is 10.6. The van der Waals surface area contributed by atoms with E-state index in [1.54, 1.807) is 12.4 Å². The summed E-state index contributed by atoms with van der Waals surface area (Å²) in [4.78, 5) is 9.47. The fourth-order valence-electron chi connectivity index (χ4n) is 4.00. The van der Waals surface area contributed by atoms with E-state index in [1.165, 1.54) is 18.4 Å². The van der Waals surface area contributed by atoms with Crippen molar-refractivity contribution in [3.05, 3.63) is 42.5 Å². The fourth-order valence-corrected chi connectivity index (χ4v) is 4.00. The minimum Gasteiger partial charge on any atom is -0.337 e. The van der Waals surface area contributed by atoms with E-state index in [-0.39, 0.29) is 0 Å². The molecule has 1 saturated carbocycles. The third-order valence-corrected chi connectivity index (χ3v) is 5.68. The van der Waals surface area contributed by atoms with Gasteiger partial charge in [0.25, 0.3) is 0 Å². The Bertz CT molecular complexity index is 1390. The van der Waals surface area contributed by atoms with Crippen LogP contribution < -0.4 is 5.32 Å². The lowest BCUT2D eigenvalue weighted by Gasteiger charge is -2.11. The van der Waals surface area contributed by atoms with Crippen LogP contribution in [0.2, 0.25) is 0 Å². The average molecular weight is 413 g/mol. The number of hydrogen-bond donors (Lipinski definition) is 3. The second-order valence-electron chi connectivity index (χ2n) is 8.64. The highest BCUT2D eigenvalue weighted by Gasteiger charge is 2.28. The zero-order valence-corrected chi connectivity index (χ0v) is 17.4. The molecule has 0 aliphatic heterocycles. The summed E-state index contributed by atoms with van der Waals surface area (Å²) in [6.45, 7) is 5.24. The molecule has 9 heteroatoms. The zero-order chi connectivity index (χ0) is 20.9. The topological polar surface area (TPSA) is 113 Å². The number of fused-ring (bicyclic) bond motifs is 2. The van der Waals surface area contributed by atoms with E-state index in [0.29, 0.717) is 11.8 Å². The van der Waals surface area contributed by atoms with Crippen molar-refractivity contribution in [1.29, 1.82) is 0 Å². The van der Waals surface area contributed by atoms with Gasteiger partial charge in [-0.2, -0.15) is 15.3 Å². The highest BCUT2D eigenvalue weighted by atomic mass is 15.3. The molecule has 31 heavy (non-hydrogen) atoms. The molecule has 0 amide bonds. The summed E-state index contributed by atoms with van der Waals surface area (Å²) in [7, 11) is 0. The predicted octanol–water partition coefficient (Wildman–Crippen LogP) is 4.37. The van der Waals surface area contributed by atoms with Gasteiger partial charge in [-0.25, -0.2) is 4.98 Å². The first kappa shape index (κ1) is 18.1. The van der Waals surface area contributed by atoms with Gasteiger partial charge in [0.2, 0.25) is 0 Å². The minimum absolute atomic E-state index is 0.508. The van der Waals surface area contributed by atoms with Crippen molar-refractivity contribution in [2.45, 2.75) is 39.2 Å². The maximum atomic E-state index is 4.81. The van der Waals surface area contributed by atoms with E-state index in [1.807, 2.05) is 17.1 Å². The van der Waals surface area contributed by atoms with E-state index in [2.05, 4.69) is 61.8 Å². The van der Waals surface area contributed by atoms with Crippen molar-refractivity contribution in [1.82, 2.24) is 40.1 Å². The van der Waals surface area contributed by atoms with Crippen LogP contribution in [-0.4, -0.2) is 40.1 Å². The van der Waals surface area contributed by atoms with Crippen molar-refractivity contribution in [2.24, 2.45) is 5.92 Å². The van der Waals surface area contributed by atoms with Gasteiger partial charge >= 0.3 is 0 Å². The summed E-state index contributed by atoms with van der Waals surface area (Å²) < 4.78 is 2.04. The highest BCUT2D eigenvalue weighted by Crippen LogP contribution is 2.44. The Hall–Kier alpha value is -3.75. The minimum atomic E-state index is 0.508. The Kier molecular flexibility index (Phi) is 4.02. The van der Waals surface area contributed by atoms with Crippen LogP contribution in [0.25, 0.3) is 33.3 Å².